The Morgan fingerprint density at radius 2 is 2.21 bits per heavy atom. The molecule has 1 aromatic rings. The van der Waals surface area contributed by atoms with Crippen LogP contribution in [-0.4, -0.2) is 24.5 Å². The Hall–Kier alpha value is -0.0900. The molecule has 0 spiro atoms. The molecule has 1 aliphatic rings. The maximum Gasteiger partial charge on any atom is 0.0482 e. The third kappa shape index (κ3) is 3.72. The smallest absolute Gasteiger partial charge is 0.0482 e. The van der Waals surface area contributed by atoms with Gasteiger partial charge < -0.3 is 5.73 Å². The second-order valence-corrected chi connectivity index (χ2v) is 6.59. The van der Waals surface area contributed by atoms with E-state index in [0.29, 0.717) is 6.54 Å². The molecule has 1 atom stereocenters. The van der Waals surface area contributed by atoms with Gasteiger partial charge in [-0.05, 0) is 49.1 Å². The molecule has 1 aromatic carbocycles. The number of nitrogens with zero attached hydrogens (tertiary/aromatic N) is 1. The van der Waals surface area contributed by atoms with Crippen LogP contribution in [-0.2, 0) is 0 Å². The molecular weight excluding hydrogens is 324 g/mol. The highest BCUT2D eigenvalue weighted by atomic mass is 79.9. The quantitative estimate of drug-likeness (QED) is 0.836. The van der Waals surface area contributed by atoms with Crippen LogP contribution < -0.4 is 5.73 Å². The van der Waals surface area contributed by atoms with Crippen LogP contribution in [0, 0.1) is 5.92 Å². The zero-order valence-electron chi connectivity index (χ0n) is 11.4. The van der Waals surface area contributed by atoms with Gasteiger partial charge in [-0.2, -0.15) is 0 Å². The van der Waals surface area contributed by atoms with Crippen LogP contribution in [0.15, 0.2) is 22.7 Å². The van der Waals surface area contributed by atoms with Crippen molar-refractivity contribution in [3.8, 4) is 0 Å². The molecule has 2 nitrogen and oxygen atoms in total. The number of nitrogens with two attached hydrogens (primary N) is 1. The molecule has 19 heavy (non-hydrogen) atoms. The molecule has 0 aromatic heterocycles. The first kappa shape index (κ1) is 15.3. The summed E-state index contributed by atoms with van der Waals surface area (Å²) in [5, 5.41) is 0.774. The highest BCUT2D eigenvalue weighted by Crippen LogP contribution is 2.33. The molecule has 4 heteroatoms. The summed E-state index contributed by atoms with van der Waals surface area (Å²) in [6.07, 6.45) is 4.12. The van der Waals surface area contributed by atoms with Gasteiger partial charge in [-0.3, -0.25) is 4.90 Å². The van der Waals surface area contributed by atoms with Gasteiger partial charge in [0.2, 0.25) is 0 Å². The zero-order chi connectivity index (χ0) is 13.8. The summed E-state index contributed by atoms with van der Waals surface area (Å²) in [4.78, 5) is 2.49. The molecule has 0 bridgehead atoms. The molecule has 2 N–H and O–H groups in total. The number of halogens is 2. The Kier molecular flexibility index (Phi) is 5.70. The summed E-state index contributed by atoms with van der Waals surface area (Å²) in [6.45, 7) is 5.01. The Labute approximate surface area is 129 Å². The number of benzene rings is 1. The molecule has 0 amide bonds. The summed E-state index contributed by atoms with van der Waals surface area (Å²) in [5.74, 6) is 0.854. The lowest BCUT2D eigenvalue weighted by atomic mass is 9.84. The van der Waals surface area contributed by atoms with E-state index in [2.05, 4.69) is 27.8 Å². The van der Waals surface area contributed by atoms with Crippen LogP contribution in [0.25, 0.3) is 0 Å². The molecule has 0 heterocycles. The fourth-order valence-electron chi connectivity index (χ4n) is 2.73. The highest BCUT2D eigenvalue weighted by molar-refractivity contribution is 9.10. The minimum absolute atomic E-state index is 0.249. The van der Waals surface area contributed by atoms with Crippen LogP contribution in [0.1, 0.15) is 37.8 Å². The number of hydrogen-bond acceptors (Lipinski definition) is 2. The molecule has 1 unspecified atom stereocenters. The maximum absolute atomic E-state index is 6.13. The lowest BCUT2D eigenvalue weighted by molar-refractivity contribution is 0.141. The van der Waals surface area contributed by atoms with E-state index < -0.39 is 0 Å². The topological polar surface area (TPSA) is 29.3 Å². The first-order valence-electron chi connectivity index (χ1n) is 7.04. The third-order valence-corrected chi connectivity index (χ3v) is 5.06. The van der Waals surface area contributed by atoms with Gasteiger partial charge in [0.1, 0.15) is 0 Å². The van der Waals surface area contributed by atoms with Crippen molar-refractivity contribution in [2.75, 3.05) is 19.6 Å². The van der Waals surface area contributed by atoms with Crippen molar-refractivity contribution in [1.29, 1.82) is 0 Å². The minimum atomic E-state index is 0.249. The van der Waals surface area contributed by atoms with Gasteiger partial charge in [-0.15, -0.1) is 0 Å². The van der Waals surface area contributed by atoms with Gasteiger partial charge in [-0.25, -0.2) is 0 Å². The molecule has 0 radical (unpaired) electrons. The van der Waals surface area contributed by atoms with Crippen LogP contribution in [0.2, 0.25) is 5.02 Å². The number of likely N-dealkylation sites (N-methyl/N-ethyl adjacent to an activating group) is 1. The second-order valence-electron chi connectivity index (χ2n) is 5.30. The lowest BCUT2D eigenvalue weighted by Crippen LogP contribution is -2.38. The van der Waals surface area contributed by atoms with E-state index in [1.807, 2.05) is 18.2 Å². The molecule has 2 rings (SSSR count). The van der Waals surface area contributed by atoms with E-state index in [-0.39, 0.29) is 6.04 Å². The summed E-state index contributed by atoms with van der Waals surface area (Å²) < 4.78 is 1.10. The fourth-order valence-corrected chi connectivity index (χ4v) is 3.42. The van der Waals surface area contributed by atoms with Gasteiger partial charge in [0, 0.05) is 28.6 Å². The number of hydrogen-bond donors (Lipinski definition) is 1. The van der Waals surface area contributed by atoms with Gasteiger partial charge >= 0.3 is 0 Å². The van der Waals surface area contributed by atoms with Gasteiger partial charge in [-0.1, -0.05) is 40.9 Å². The Morgan fingerprint density at radius 1 is 1.47 bits per heavy atom. The number of rotatable bonds is 6. The summed E-state index contributed by atoms with van der Waals surface area (Å²) in [6, 6.07) is 6.20. The Bertz CT molecular complexity index is 421. The van der Waals surface area contributed by atoms with E-state index in [1.54, 1.807) is 0 Å². The first-order chi connectivity index (χ1) is 9.15. The normalized spacial score (nSPS) is 17.5. The predicted octanol–water partition coefficient (Wildman–Crippen LogP) is 4.22. The van der Waals surface area contributed by atoms with E-state index in [1.165, 1.54) is 24.8 Å². The van der Waals surface area contributed by atoms with Crippen LogP contribution >= 0.6 is 27.5 Å². The van der Waals surface area contributed by atoms with Crippen molar-refractivity contribution in [2.24, 2.45) is 11.7 Å². The van der Waals surface area contributed by atoms with Gasteiger partial charge in [0.15, 0.2) is 0 Å². The monoisotopic (exact) mass is 344 g/mol. The molecule has 0 saturated heterocycles. The fraction of sp³-hybridized carbons (Fsp3) is 0.600. The lowest BCUT2D eigenvalue weighted by Gasteiger charge is -2.37. The van der Waals surface area contributed by atoms with Crippen LogP contribution in [0.4, 0.5) is 0 Å². The first-order valence-corrected chi connectivity index (χ1v) is 8.21. The summed E-state index contributed by atoms with van der Waals surface area (Å²) in [7, 11) is 0. The summed E-state index contributed by atoms with van der Waals surface area (Å²) >= 11 is 9.76. The largest absolute Gasteiger partial charge is 0.329 e. The Morgan fingerprint density at radius 3 is 2.74 bits per heavy atom. The van der Waals surface area contributed by atoms with E-state index in [0.717, 1.165) is 28.5 Å². The van der Waals surface area contributed by atoms with Crippen molar-refractivity contribution in [3.05, 3.63) is 33.3 Å². The van der Waals surface area contributed by atoms with Crippen LogP contribution in [0.5, 0.6) is 0 Å². The molecular formula is C15H22BrClN2. The molecule has 1 saturated carbocycles. The van der Waals surface area contributed by atoms with E-state index >= 15 is 0 Å². The average molecular weight is 346 g/mol. The molecule has 1 fully saturated rings. The van der Waals surface area contributed by atoms with Crippen molar-refractivity contribution in [3.63, 3.8) is 0 Å². The maximum atomic E-state index is 6.13. The molecule has 106 valence electrons. The van der Waals surface area contributed by atoms with Gasteiger partial charge in [0.05, 0.1) is 0 Å². The second kappa shape index (κ2) is 7.07. The van der Waals surface area contributed by atoms with Crippen molar-refractivity contribution in [2.45, 2.75) is 32.2 Å². The Balaban J connectivity index is 2.17. The standard InChI is InChI=1S/C15H22BrClN2/c1-2-19(10-11-4-3-5-11)15(9-18)13-8-12(17)6-7-14(13)16/h6-8,11,15H,2-5,9-10,18H2,1H3. The predicted molar refractivity (Wildman–Crippen MR) is 85.5 cm³/mol. The molecule has 1 aliphatic carbocycles. The minimum Gasteiger partial charge on any atom is -0.329 e. The molecule has 0 aliphatic heterocycles. The SMILES string of the molecule is CCN(CC1CCC1)C(CN)c1cc(Cl)ccc1Br. The van der Waals surface area contributed by atoms with E-state index in [9.17, 15) is 0 Å². The van der Waals surface area contributed by atoms with E-state index in [4.69, 9.17) is 17.3 Å². The third-order valence-electron chi connectivity index (χ3n) is 4.10. The zero-order valence-corrected chi connectivity index (χ0v) is 13.8. The van der Waals surface area contributed by atoms with Crippen molar-refractivity contribution in [1.82, 2.24) is 4.90 Å². The average Bonchev–Trinajstić information content (AvgIpc) is 2.35. The van der Waals surface area contributed by atoms with Crippen LogP contribution in [0.3, 0.4) is 0 Å². The highest BCUT2D eigenvalue weighted by Gasteiger charge is 2.25. The van der Waals surface area contributed by atoms with Crippen molar-refractivity contribution < 1.29 is 0 Å². The van der Waals surface area contributed by atoms with Gasteiger partial charge in [0.25, 0.3) is 0 Å². The van der Waals surface area contributed by atoms with Crippen molar-refractivity contribution >= 4 is 27.5 Å². The summed E-state index contributed by atoms with van der Waals surface area (Å²) in [5.41, 5.74) is 7.23.